The number of aliphatic hydroxyl groups excluding tert-OH is 1. The normalized spacial score (nSPS) is 12.3. The van der Waals surface area contributed by atoms with Crippen LogP contribution in [0.1, 0.15) is 17.2 Å². The summed E-state index contributed by atoms with van der Waals surface area (Å²) in [6.45, 7) is 0.243. The molecule has 7 heteroatoms. The minimum Gasteiger partial charge on any atom is -0.378 e. The van der Waals surface area contributed by atoms with Crippen molar-refractivity contribution in [1.82, 2.24) is 15.3 Å². The first kappa shape index (κ1) is 15.3. The molecule has 1 heterocycles. The highest BCUT2D eigenvalue weighted by atomic mass is 35.5. The van der Waals surface area contributed by atoms with Crippen LogP contribution in [0.4, 0.5) is 0 Å². The van der Waals surface area contributed by atoms with Gasteiger partial charge < -0.3 is 20.4 Å². The first-order chi connectivity index (χ1) is 11.0. The number of hydrogen-bond acceptors (Lipinski definition) is 3. The van der Waals surface area contributed by atoms with Gasteiger partial charge in [0.25, 0.3) is 5.91 Å². The third-order valence-corrected chi connectivity index (χ3v) is 3.73. The lowest BCUT2D eigenvalue weighted by atomic mass is 10.1. The van der Waals surface area contributed by atoms with Crippen molar-refractivity contribution in [2.45, 2.75) is 12.6 Å². The van der Waals surface area contributed by atoms with Crippen LogP contribution in [0.15, 0.2) is 47.3 Å². The summed E-state index contributed by atoms with van der Waals surface area (Å²) >= 11 is 5.78. The van der Waals surface area contributed by atoms with Gasteiger partial charge in [-0.1, -0.05) is 29.8 Å². The van der Waals surface area contributed by atoms with E-state index in [0.29, 0.717) is 21.6 Å². The molecule has 3 rings (SSSR count). The second kappa shape index (κ2) is 6.28. The number of carbonyl (C=O) groups excluding carboxylic acids is 1. The molecule has 0 saturated carbocycles. The Balaban J connectivity index is 1.67. The van der Waals surface area contributed by atoms with E-state index >= 15 is 0 Å². The Hall–Kier alpha value is -2.57. The van der Waals surface area contributed by atoms with Crippen LogP contribution >= 0.6 is 11.6 Å². The van der Waals surface area contributed by atoms with E-state index in [9.17, 15) is 14.7 Å². The van der Waals surface area contributed by atoms with Gasteiger partial charge in [-0.15, -0.1) is 0 Å². The van der Waals surface area contributed by atoms with Crippen molar-refractivity contribution < 1.29 is 9.90 Å². The monoisotopic (exact) mass is 331 g/mol. The summed E-state index contributed by atoms with van der Waals surface area (Å²) in [6.07, 6.45) is -1.26. The van der Waals surface area contributed by atoms with Crippen molar-refractivity contribution in [3.63, 3.8) is 0 Å². The van der Waals surface area contributed by atoms with Crippen LogP contribution < -0.4 is 11.0 Å². The Morgan fingerprint density at radius 2 is 1.83 bits per heavy atom. The maximum absolute atomic E-state index is 12.0. The Kier molecular flexibility index (Phi) is 4.18. The summed E-state index contributed by atoms with van der Waals surface area (Å²) in [7, 11) is 0. The molecule has 4 N–H and O–H groups in total. The van der Waals surface area contributed by atoms with Crippen LogP contribution in [0.25, 0.3) is 11.0 Å². The fourth-order valence-electron chi connectivity index (χ4n) is 2.27. The molecule has 1 unspecified atom stereocenters. The molecule has 23 heavy (non-hydrogen) atoms. The largest absolute Gasteiger partial charge is 0.378 e. The van der Waals surface area contributed by atoms with E-state index in [4.69, 9.17) is 11.6 Å². The number of aromatic amines is 2. The Labute approximate surface area is 136 Å². The van der Waals surface area contributed by atoms with Gasteiger partial charge in [-0.3, -0.25) is 4.79 Å². The number of H-pyrrole nitrogens is 2. The first-order valence-electron chi connectivity index (χ1n) is 6.95. The van der Waals surface area contributed by atoms with Crippen molar-refractivity contribution in [2.75, 3.05) is 0 Å². The fourth-order valence-corrected chi connectivity index (χ4v) is 2.40. The summed E-state index contributed by atoms with van der Waals surface area (Å²) in [5, 5.41) is 13.2. The molecule has 0 fully saturated rings. The van der Waals surface area contributed by atoms with E-state index in [-0.39, 0.29) is 12.2 Å². The van der Waals surface area contributed by atoms with Gasteiger partial charge in [0.2, 0.25) is 0 Å². The lowest BCUT2D eigenvalue weighted by Gasteiger charge is -2.12. The average Bonchev–Trinajstić information content (AvgIpc) is 2.92. The molecule has 1 aromatic heterocycles. The smallest absolute Gasteiger partial charge is 0.323 e. The van der Waals surface area contributed by atoms with Gasteiger partial charge in [0, 0.05) is 11.6 Å². The quantitative estimate of drug-likeness (QED) is 0.587. The number of aliphatic hydroxyl groups is 1. The highest BCUT2D eigenvalue weighted by molar-refractivity contribution is 6.30. The van der Waals surface area contributed by atoms with Crippen LogP contribution in [0, 0.1) is 0 Å². The van der Waals surface area contributed by atoms with Crippen molar-refractivity contribution in [3.05, 3.63) is 69.1 Å². The van der Waals surface area contributed by atoms with E-state index in [1.807, 2.05) is 0 Å². The molecule has 0 aliphatic carbocycles. The minimum atomic E-state index is -1.26. The number of hydrogen-bond donors (Lipinski definition) is 4. The molecule has 0 aliphatic rings. The number of imidazole rings is 1. The second-order valence-corrected chi connectivity index (χ2v) is 5.57. The molecule has 0 saturated heterocycles. The van der Waals surface area contributed by atoms with Crippen molar-refractivity contribution >= 4 is 28.5 Å². The van der Waals surface area contributed by atoms with E-state index in [1.165, 1.54) is 0 Å². The number of amides is 1. The minimum absolute atomic E-state index is 0.243. The predicted octanol–water partition coefficient (Wildman–Crippen LogP) is 1.86. The molecule has 0 radical (unpaired) electrons. The average molecular weight is 332 g/mol. The standard InChI is InChI=1S/C16H14ClN3O3/c17-11-4-2-10(3-5-11)14(21)15(22)18-8-9-1-6-12-13(7-9)20-16(23)19-12/h1-7,14,21H,8H2,(H,18,22)(H2,19,20,23). The molecular formula is C16H14ClN3O3. The van der Waals surface area contributed by atoms with Gasteiger partial charge in [-0.2, -0.15) is 0 Å². The van der Waals surface area contributed by atoms with Gasteiger partial charge >= 0.3 is 5.69 Å². The van der Waals surface area contributed by atoms with Crippen molar-refractivity contribution in [1.29, 1.82) is 0 Å². The van der Waals surface area contributed by atoms with Gasteiger partial charge in [-0.25, -0.2) is 4.79 Å². The zero-order chi connectivity index (χ0) is 16.4. The zero-order valence-electron chi connectivity index (χ0n) is 12.0. The van der Waals surface area contributed by atoms with Crippen LogP contribution in [-0.4, -0.2) is 21.0 Å². The van der Waals surface area contributed by atoms with Crippen LogP contribution in [0.5, 0.6) is 0 Å². The first-order valence-corrected chi connectivity index (χ1v) is 7.33. The number of rotatable bonds is 4. The lowest BCUT2D eigenvalue weighted by Crippen LogP contribution is -2.28. The van der Waals surface area contributed by atoms with Gasteiger partial charge in [0.1, 0.15) is 0 Å². The van der Waals surface area contributed by atoms with Gasteiger partial charge in [0.05, 0.1) is 11.0 Å². The van der Waals surface area contributed by atoms with Crippen molar-refractivity contribution in [2.24, 2.45) is 0 Å². The number of carbonyl (C=O) groups is 1. The van der Waals surface area contributed by atoms with Gasteiger partial charge in [0.15, 0.2) is 6.10 Å². The molecule has 0 aliphatic heterocycles. The molecule has 0 spiro atoms. The number of aromatic nitrogens is 2. The molecule has 2 aromatic carbocycles. The highest BCUT2D eigenvalue weighted by Gasteiger charge is 2.16. The number of nitrogens with one attached hydrogen (secondary N) is 3. The summed E-state index contributed by atoms with van der Waals surface area (Å²) in [5.74, 6) is -0.505. The second-order valence-electron chi connectivity index (χ2n) is 5.13. The molecule has 118 valence electrons. The molecule has 3 aromatic rings. The molecule has 0 bridgehead atoms. The SMILES string of the molecule is O=C(NCc1ccc2[nH]c(=O)[nH]c2c1)C(O)c1ccc(Cl)cc1. The van der Waals surface area contributed by atoms with Crippen LogP contribution in [-0.2, 0) is 11.3 Å². The lowest BCUT2D eigenvalue weighted by molar-refractivity contribution is -0.129. The third-order valence-electron chi connectivity index (χ3n) is 3.48. The maximum Gasteiger partial charge on any atom is 0.323 e. The molecule has 6 nitrogen and oxygen atoms in total. The van der Waals surface area contributed by atoms with Crippen molar-refractivity contribution in [3.8, 4) is 0 Å². The number of fused-ring (bicyclic) bond motifs is 1. The van der Waals surface area contributed by atoms with E-state index < -0.39 is 12.0 Å². The molecule has 1 atom stereocenters. The Bertz CT molecular complexity index is 899. The summed E-state index contributed by atoms with van der Waals surface area (Å²) in [5.41, 5.74) is 2.37. The van der Waals surface area contributed by atoms with Crippen LogP contribution in [0.2, 0.25) is 5.02 Å². The van der Waals surface area contributed by atoms with E-state index in [1.54, 1.807) is 42.5 Å². The van der Waals surface area contributed by atoms with Crippen LogP contribution in [0.3, 0.4) is 0 Å². The van der Waals surface area contributed by atoms with E-state index in [0.717, 1.165) is 5.56 Å². The Morgan fingerprint density at radius 1 is 1.13 bits per heavy atom. The predicted molar refractivity (Wildman–Crippen MR) is 87.2 cm³/mol. The highest BCUT2D eigenvalue weighted by Crippen LogP contribution is 2.17. The van der Waals surface area contributed by atoms with Gasteiger partial charge in [-0.05, 0) is 35.4 Å². The topological polar surface area (TPSA) is 98.0 Å². The number of benzene rings is 2. The summed E-state index contributed by atoms with van der Waals surface area (Å²) in [6, 6.07) is 11.7. The zero-order valence-corrected chi connectivity index (χ0v) is 12.7. The number of halogens is 1. The Morgan fingerprint density at radius 3 is 2.57 bits per heavy atom. The molecule has 1 amide bonds. The molecular weight excluding hydrogens is 318 g/mol. The third kappa shape index (κ3) is 3.44. The summed E-state index contributed by atoms with van der Waals surface area (Å²) in [4.78, 5) is 28.5. The summed E-state index contributed by atoms with van der Waals surface area (Å²) < 4.78 is 0. The maximum atomic E-state index is 12.0. The fraction of sp³-hybridized carbons (Fsp3) is 0.125. The van der Waals surface area contributed by atoms with E-state index in [2.05, 4.69) is 15.3 Å².